The zero-order chi connectivity index (χ0) is 29.2. The van der Waals surface area contributed by atoms with E-state index in [9.17, 15) is 9.90 Å². The molecule has 1 N–H and O–H groups in total. The van der Waals surface area contributed by atoms with Crippen LogP contribution in [0.2, 0.25) is 0 Å². The van der Waals surface area contributed by atoms with Crippen molar-refractivity contribution in [3.8, 4) is 5.75 Å². The van der Waals surface area contributed by atoms with Gasteiger partial charge in [0.1, 0.15) is 5.75 Å². The summed E-state index contributed by atoms with van der Waals surface area (Å²) in [5.41, 5.74) is 1.47. The molecule has 7 heteroatoms. The van der Waals surface area contributed by atoms with Crippen LogP contribution in [0.4, 0.5) is 0 Å². The molecular formula is C33H49NO6. The third kappa shape index (κ3) is 8.29. The summed E-state index contributed by atoms with van der Waals surface area (Å²) in [6, 6.07) is 16.2. The van der Waals surface area contributed by atoms with Gasteiger partial charge in [-0.3, -0.25) is 4.79 Å². The Morgan fingerprint density at radius 2 is 1.62 bits per heavy atom. The predicted octanol–water partition coefficient (Wildman–Crippen LogP) is 5.67. The van der Waals surface area contributed by atoms with E-state index >= 15 is 0 Å². The van der Waals surface area contributed by atoms with Crippen molar-refractivity contribution in [1.29, 1.82) is 0 Å². The van der Waals surface area contributed by atoms with Gasteiger partial charge in [-0.1, -0.05) is 37.3 Å². The summed E-state index contributed by atoms with van der Waals surface area (Å²) in [5, 5.41) is 11.3. The van der Waals surface area contributed by atoms with Gasteiger partial charge in [-0.25, -0.2) is 0 Å². The number of hydrogen-bond donors (Lipinski definition) is 1. The number of aliphatic hydroxyl groups is 1. The van der Waals surface area contributed by atoms with Gasteiger partial charge >= 0.3 is 0 Å². The van der Waals surface area contributed by atoms with E-state index < -0.39 is 11.0 Å². The Morgan fingerprint density at radius 3 is 2.25 bits per heavy atom. The highest BCUT2D eigenvalue weighted by Crippen LogP contribution is 2.55. The number of hydrogen-bond acceptors (Lipinski definition) is 6. The minimum atomic E-state index is -0.937. The average Bonchev–Trinajstić information content (AvgIpc) is 2.93. The molecule has 0 bridgehead atoms. The molecule has 3 unspecified atom stereocenters. The maximum atomic E-state index is 13.5. The molecule has 0 spiro atoms. The van der Waals surface area contributed by atoms with Gasteiger partial charge in [-0.15, -0.1) is 0 Å². The highest BCUT2D eigenvalue weighted by atomic mass is 16.5. The Bertz CT molecular complexity index is 1060. The smallest absolute Gasteiger partial charge is 0.254 e. The van der Waals surface area contributed by atoms with E-state index in [0.717, 1.165) is 29.7 Å². The van der Waals surface area contributed by atoms with Crippen molar-refractivity contribution in [1.82, 2.24) is 4.90 Å². The van der Waals surface area contributed by atoms with Crippen LogP contribution in [0.5, 0.6) is 5.75 Å². The number of benzene rings is 2. The predicted molar refractivity (Wildman–Crippen MR) is 158 cm³/mol. The lowest BCUT2D eigenvalue weighted by Crippen LogP contribution is -2.41. The topological polar surface area (TPSA) is 77.5 Å². The van der Waals surface area contributed by atoms with Crippen LogP contribution in [0.1, 0.15) is 80.3 Å². The van der Waals surface area contributed by atoms with Gasteiger partial charge in [0, 0.05) is 46.1 Å². The van der Waals surface area contributed by atoms with Crippen LogP contribution in [-0.2, 0) is 14.2 Å². The minimum absolute atomic E-state index is 0.00193. The van der Waals surface area contributed by atoms with Crippen LogP contribution in [0.25, 0.3) is 0 Å². The largest absolute Gasteiger partial charge is 0.494 e. The summed E-state index contributed by atoms with van der Waals surface area (Å²) < 4.78 is 22.8. The Balaban J connectivity index is 2.16. The number of morpholine rings is 1. The molecule has 1 heterocycles. The molecule has 1 fully saturated rings. The molecule has 3 rings (SSSR count). The van der Waals surface area contributed by atoms with Gasteiger partial charge in [0.25, 0.3) is 5.91 Å². The molecule has 222 valence electrons. The van der Waals surface area contributed by atoms with Gasteiger partial charge in [0.2, 0.25) is 0 Å². The molecule has 2 aromatic rings. The SMILES string of the molecule is CCOc1ccccc1C(CCOC)C(C)(CC(C)(C)O)C(CCOC)c1cccc(C(=O)N2CCOCC2)c1. The molecule has 0 saturated carbocycles. The Morgan fingerprint density at radius 1 is 0.975 bits per heavy atom. The maximum absolute atomic E-state index is 13.5. The standard InChI is InChI=1S/C33H49NO6/c1-7-40-30-14-9-8-13-27(30)29(16-20-38-6)33(4,24-32(2,3)36)28(15-19-37-5)25-11-10-12-26(23-25)31(35)34-17-21-39-22-18-34/h8-14,23,28-29,36H,7,15-22,24H2,1-6H3. The monoisotopic (exact) mass is 555 g/mol. The molecule has 0 aromatic heterocycles. The molecule has 1 amide bonds. The third-order valence-corrected chi connectivity index (χ3v) is 8.06. The van der Waals surface area contributed by atoms with Crippen LogP contribution < -0.4 is 4.74 Å². The zero-order valence-electron chi connectivity index (χ0n) is 25.3. The van der Waals surface area contributed by atoms with Gasteiger partial charge in [0.15, 0.2) is 0 Å². The second-order valence-electron chi connectivity index (χ2n) is 11.7. The molecule has 2 aromatic carbocycles. The first kappa shape index (κ1) is 32.1. The summed E-state index contributed by atoms with van der Waals surface area (Å²) >= 11 is 0. The Hall–Kier alpha value is -2.45. The van der Waals surface area contributed by atoms with Crippen LogP contribution in [0.3, 0.4) is 0 Å². The number of amides is 1. The number of rotatable bonds is 15. The fraction of sp³-hybridized carbons (Fsp3) is 0.606. The number of carbonyl (C=O) groups excluding carboxylic acids is 1. The van der Waals surface area contributed by atoms with Crippen molar-refractivity contribution in [2.24, 2.45) is 5.41 Å². The summed E-state index contributed by atoms with van der Waals surface area (Å²) in [5.74, 6) is 0.863. The van der Waals surface area contributed by atoms with E-state index in [0.29, 0.717) is 58.1 Å². The minimum Gasteiger partial charge on any atom is -0.494 e. The van der Waals surface area contributed by atoms with Gasteiger partial charge in [-0.05, 0) is 86.6 Å². The second kappa shape index (κ2) is 15.0. The molecule has 1 saturated heterocycles. The summed E-state index contributed by atoms with van der Waals surface area (Å²) in [4.78, 5) is 15.3. The lowest BCUT2D eigenvalue weighted by atomic mass is 9.58. The van der Waals surface area contributed by atoms with Crippen molar-refractivity contribution in [3.63, 3.8) is 0 Å². The summed E-state index contributed by atoms with van der Waals surface area (Å²) in [7, 11) is 3.44. The molecule has 1 aliphatic heterocycles. The molecule has 1 aliphatic rings. The fourth-order valence-electron chi connectivity index (χ4n) is 6.50. The number of para-hydroxylation sites is 1. The van der Waals surface area contributed by atoms with E-state index in [1.807, 2.05) is 62.1 Å². The quantitative estimate of drug-likeness (QED) is 0.305. The van der Waals surface area contributed by atoms with Crippen molar-refractivity contribution in [2.45, 2.75) is 64.4 Å². The molecule has 3 atom stereocenters. The average molecular weight is 556 g/mol. The number of methoxy groups -OCH3 is 2. The molecule has 40 heavy (non-hydrogen) atoms. The van der Waals surface area contributed by atoms with E-state index in [1.54, 1.807) is 14.2 Å². The number of ether oxygens (including phenoxy) is 4. The second-order valence-corrected chi connectivity index (χ2v) is 11.7. The third-order valence-electron chi connectivity index (χ3n) is 8.06. The first-order valence-electron chi connectivity index (χ1n) is 14.5. The normalized spacial score (nSPS) is 17.2. The summed E-state index contributed by atoms with van der Waals surface area (Å²) in [6.07, 6.45) is 2.02. The maximum Gasteiger partial charge on any atom is 0.254 e. The highest BCUT2D eigenvalue weighted by Gasteiger charge is 2.46. The molecule has 0 radical (unpaired) electrons. The van der Waals surface area contributed by atoms with E-state index in [1.165, 1.54) is 0 Å². The van der Waals surface area contributed by atoms with E-state index in [4.69, 9.17) is 18.9 Å². The molecule has 0 aliphatic carbocycles. The molecule has 7 nitrogen and oxygen atoms in total. The highest BCUT2D eigenvalue weighted by molar-refractivity contribution is 5.94. The van der Waals surface area contributed by atoms with E-state index in [2.05, 4.69) is 19.1 Å². The van der Waals surface area contributed by atoms with Crippen molar-refractivity contribution < 1.29 is 28.8 Å². The molecular weight excluding hydrogens is 506 g/mol. The fourth-order valence-corrected chi connectivity index (χ4v) is 6.50. The van der Waals surface area contributed by atoms with Crippen LogP contribution >= 0.6 is 0 Å². The van der Waals surface area contributed by atoms with Crippen LogP contribution in [-0.4, -0.2) is 81.9 Å². The first-order chi connectivity index (χ1) is 19.1. The number of nitrogens with zero attached hydrogens (tertiary/aromatic N) is 1. The Kier molecular flexibility index (Phi) is 12.0. The lowest BCUT2D eigenvalue weighted by Gasteiger charge is -2.48. The Labute approximate surface area is 240 Å². The summed E-state index contributed by atoms with van der Waals surface area (Å²) in [6.45, 7) is 12.0. The van der Waals surface area contributed by atoms with Crippen LogP contribution in [0, 0.1) is 5.41 Å². The van der Waals surface area contributed by atoms with Gasteiger partial charge < -0.3 is 29.0 Å². The first-order valence-corrected chi connectivity index (χ1v) is 14.5. The van der Waals surface area contributed by atoms with Crippen molar-refractivity contribution in [3.05, 3.63) is 65.2 Å². The van der Waals surface area contributed by atoms with Crippen molar-refractivity contribution >= 4 is 5.91 Å². The zero-order valence-corrected chi connectivity index (χ0v) is 25.3. The van der Waals surface area contributed by atoms with Crippen molar-refractivity contribution in [2.75, 3.05) is 60.3 Å². The van der Waals surface area contributed by atoms with Gasteiger partial charge in [-0.2, -0.15) is 0 Å². The number of carbonyl (C=O) groups is 1. The lowest BCUT2D eigenvalue weighted by molar-refractivity contribution is -0.00547. The van der Waals surface area contributed by atoms with Gasteiger partial charge in [0.05, 0.1) is 25.4 Å². The van der Waals surface area contributed by atoms with Crippen LogP contribution in [0.15, 0.2) is 48.5 Å². The van der Waals surface area contributed by atoms with E-state index in [-0.39, 0.29) is 17.7 Å².